The smallest absolute Gasteiger partial charge is 0.160 e. The van der Waals surface area contributed by atoms with Gasteiger partial charge >= 0.3 is 37.7 Å². The van der Waals surface area contributed by atoms with Gasteiger partial charge < -0.3 is 17.5 Å². The van der Waals surface area contributed by atoms with E-state index in [1.165, 1.54) is 56.5 Å². The summed E-state index contributed by atoms with van der Waals surface area (Å²) >= 11 is 15.8. The predicted molar refractivity (Wildman–Crippen MR) is 518 cm³/mol. The molecular formula is C105H96BBr4N4O2PPd. The molecule has 0 aliphatic heterocycles. The van der Waals surface area contributed by atoms with Crippen LogP contribution < -0.4 is 5.46 Å². The van der Waals surface area contributed by atoms with Crippen molar-refractivity contribution >= 4 is 81.7 Å². The second-order valence-corrected chi connectivity index (χ2v) is 35.5. The zero-order chi connectivity index (χ0) is 82.6. The van der Waals surface area contributed by atoms with Crippen LogP contribution in [0.5, 0.6) is 0 Å². The zero-order valence-corrected chi connectivity index (χ0v) is 76.6. The normalized spacial score (nSPS) is 10.6. The third-order valence-electron chi connectivity index (χ3n) is 19.4. The number of benzene rings is 14. The number of aromatic nitrogens is 4. The molecule has 118 heavy (non-hydrogen) atoms. The molecular weight excluding hydrogens is 1820 g/mol. The molecule has 16 rings (SSSR count). The number of nitrogens with zero attached hydrogens (tertiary/aromatic N) is 4. The monoisotopic (exact) mass is 1910 g/mol. The van der Waals surface area contributed by atoms with Gasteiger partial charge in [0.25, 0.3) is 0 Å². The van der Waals surface area contributed by atoms with Crippen molar-refractivity contribution in [3.05, 3.63) is 397 Å². The standard InChI is InChI=1S/C58H40N2.C22H13Br3N2.C12H11BO2.C9H21P.C3H8.CH3.BrH.Pd/c1-4-10-41(11-5-1)44-16-22-47(23-17-44)50-28-34-53(35-29-50)56-40-57(54-36-30-51(31-37-54)48-24-18-45(19-25-48)42-12-6-2-7-13-42)60-58(59-56)55-38-32-52(33-39-55)49-26-20-46(21-27-49)43-14-8-3-9-15-43;23-17-7-1-14(2-8-17)20-13-21(15-3-9-18(24)10-4-15)27-22(26-20)16-5-11-19(25)12-6-16;14-13(15)12-8-6-11(7-9-12)10-4-2-1-3-5-10;1-7(2)10(8(3)4)9(5)6;1-3-2;;;/h1-40H;1-13H;1-9,14-15H;7-9H,1-6H3;3H2,1-2H3;1H3;1H;/q;;;;;-1;;+2/p-1. The van der Waals surface area contributed by atoms with Crippen molar-refractivity contribution in [2.45, 2.75) is 78.8 Å². The van der Waals surface area contributed by atoms with E-state index < -0.39 is 7.12 Å². The van der Waals surface area contributed by atoms with Crippen molar-refractivity contribution < 1.29 is 27.2 Å². The topological polar surface area (TPSA) is 92.0 Å². The van der Waals surface area contributed by atoms with E-state index in [9.17, 15) is 0 Å². The van der Waals surface area contributed by atoms with Gasteiger partial charge in [-0.25, -0.2) is 19.9 Å². The maximum atomic E-state index is 8.94. The van der Waals surface area contributed by atoms with E-state index in [4.69, 9.17) is 30.0 Å². The van der Waals surface area contributed by atoms with Gasteiger partial charge in [0.15, 0.2) is 11.6 Å². The molecule has 0 aliphatic rings. The third-order valence-corrected chi connectivity index (χ3v) is 24.6. The van der Waals surface area contributed by atoms with Crippen molar-refractivity contribution in [1.82, 2.24) is 19.9 Å². The SMILES string of the molecule is Brc1ccc(-c2cc(-c3ccc(Br)cc3)nc(-c3ccc(Br)cc3)n2)cc1.CC(C)P(C(C)C)C(C)C.CCC.OB(O)c1ccc(-c2ccccc2)cc1.[Br][Pd+].[CH3-].c1ccc(-c2ccc(-c3ccc(-c4cc(-c5ccc(-c6ccc(-c7ccccc7)cc6)cc5)nc(-c5ccc(-c6ccc(-c7ccccc7)cc6)cc5)n4)cc3)cc2)cc1. The van der Waals surface area contributed by atoms with Crippen LogP contribution in [-0.4, -0.2) is 54.1 Å². The Morgan fingerprint density at radius 2 is 0.407 bits per heavy atom. The number of hydrogen-bond acceptors (Lipinski definition) is 6. The fraction of sp³-hybridized carbons (Fsp3) is 0.114. The molecule has 0 fully saturated rings. The first-order valence-corrected chi connectivity index (χ1v) is 46.7. The van der Waals surface area contributed by atoms with Gasteiger partial charge in [0, 0.05) is 46.8 Å². The summed E-state index contributed by atoms with van der Waals surface area (Å²) in [6, 6.07) is 129. The Kier molecular flexibility index (Phi) is 35.3. The maximum absolute atomic E-state index is 8.94. The first-order valence-electron chi connectivity index (χ1n) is 39.2. The molecule has 2 N–H and O–H groups in total. The van der Waals surface area contributed by atoms with Gasteiger partial charge in [0.05, 0.1) is 22.8 Å². The van der Waals surface area contributed by atoms with Crippen molar-refractivity contribution in [3.63, 3.8) is 0 Å². The Balaban J connectivity index is 0.000000206. The van der Waals surface area contributed by atoms with Crippen LogP contribution >= 0.6 is 69.1 Å². The minimum atomic E-state index is -1.39. The van der Waals surface area contributed by atoms with Crippen LogP contribution in [0.4, 0.5) is 0 Å². The van der Waals surface area contributed by atoms with Gasteiger partial charge in [-0.1, -0.05) is 445 Å². The summed E-state index contributed by atoms with van der Waals surface area (Å²) < 4.78 is 3.12. The summed E-state index contributed by atoms with van der Waals surface area (Å²) in [5, 5.41) is 17.9. The Morgan fingerprint density at radius 3 is 0.585 bits per heavy atom. The number of rotatable bonds is 17. The number of hydrogen-bond donors (Lipinski definition) is 2. The summed E-state index contributed by atoms with van der Waals surface area (Å²) in [7, 11) is -1.13. The Labute approximate surface area is 743 Å². The summed E-state index contributed by atoms with van der Waals surface area (Å²) in [5.41, 5.74) is 29.3. The molecule has 0 saturated carbocycles. The van der Waals surface area contributed by atoms with E-state index in [0.29, 0.717) is 17.1 Å². The molecule has 0 atom stereocenters. The van der Waals surface area contributed by atoms with E-state index >= 15 is 0 Å². The maximum Gasteiger partial charge on any atom is 0.160 e. The van der Waals surface area contributed by atoms with Crippen molar-refractivity contribution in [3.8, 4) is 146 Å². The van der Waals surface area contributed by atoms with Gasteiger partial charge in [0.2, 0.25) is 0 Å². The van der Waals surface area contributed by atoms with Crippen LogP contribution in [0.1, 0.15) is 61.8 Å². The molecule has 2 aromatic heterocycles. The molecule has 0 spiro atoms. The second kappa shape index (κ2) is 46.0. The van der Waals surface area contributed by atoms with Gasteiger partial charge in [-0.3, -0.25) is 0 Å². The average Bonchev–Trinajstić information content (AvgIpc) is 0.788. The van der Waals surface area contributed by atoms with Crippen LogP contribution in [0.3, 0.4) is 0 Å². The molecule has 0 saturated heterocycles. The van der Waals surface area contributed by atoms with E-state index in [1.807, 2.05) is 103 Å². The van der Waals surface area contributed by atoms with E-state index in [2.05, 4.69) is 395 Å². The molecule has 6 nitrogen and oxygen atoms in total. The summed E-state index contributed by atoms with van der Waals surface area (Å²) in [4.78, 5) is 20.0. The summed E-state index contributed by atoms with van der Waals surface area (Å²) in [6.45, 7) is 18.4. The van der Waals surface area contributed by atoms with Crippen LogP contribution in [0.15, 0.2) is 390 Å². The van der Waals surface area contributed by atoms with Crippen LogP contribution in [0.25, 0.3) is 146 Å². The molecule has 16 aromatic rings. The molecule has 0 amide bonds. The van der Waals surface area contributed by atoms with Gasteiger partial charge in [-0.05, 0) is 149 Å². The van der Waals surface area contributed by atoms with Crippen LogP contribution in [-0.2, 0) is 17.2 Å². The Bertz CT molecular complexity index is 5150. The van der Waals surface area contributed by atoms with Gasteiger partial charge in [-0.2, -0.15) is 0 Å². The van der Waals surface area contributed by atoms with Gasteiger partial charge in [-0.15, -0.1) is 0 Å². The van der Waals surface area contributed by atoms with Crippen molar-refractivity contribution in [1.29, 1.82) is 0 Å². The fourth-order valence-corrected chi connectivity index (χ4v) is 18.2. The van der Waals surface area contributed by atoms with Crippen molar-refractivity contribution in [2.24, 2.45) is 0 Å². The first kappa shape index (κ1) is 90.6. The van der Waals surface area contributed by atoms with Gasteiger partial charge in [0.1, 0.15) is 0 Å². The molecule has 594 valence electrons. The molecule has 13 heteroatoms. The molecule has 0 bridgehead atoms. The van der Waals surface area contributed by atoms with Crippen LogP contribution in [0, 0.1) is 7.43 Å². The Hall–Kier alpha value is -9.76. The average molecular weight is 1910 g/mol. The largest absolute Gasteiger partial charge is 0.358 e. The molecule has 14 aromatic carbocycles. The predicted octanol–water partition coefficient (Wildman–Crippen LogP) is 30.7. The van der Waals surface area contributed by atoms with Crippen LogP contribution in [0.2, 0.25) is 0 Å². The molecule has 0 radical (unpaired) electrons. The minimum absolute atomic E-state index is 0. The minimum Gasteiger partial charge on any atom is -0.358 e. The number of halogens is 4. The molecule has 0 aliphatic carbocycles. The molecule has 0 unspecified atom stereocenters. The fourth-order valence-electron chi connectivity index (χ4n) is 13.8. The first-order chi connectivity index (χ1) is 56.9. The Morgan fingerprint density at radius 1 is 0.254 bits per heavy atom. The van der Waals surface area contributed by atoms with Crippen molar-refractivity contribution in [2.75, 3.05) is 0 Å². The second-order valence-electron chi connectivity index (χ2n) is 28.8. The quantitative estimate of drug-likeness (QED) is 0.0536. The summed E-state index contributed by atoms with van der Waals surface area (Å²) in [5.74, 6) is 1.40. The van der Waals surface area contributed by atoms with E-state index in [0.717, 1.165) is 114 Å². The van der Waals surface area contributed by atoms with E-state index in [1.54, 1.807) is 12.1 Å². The zero-order valence-electron chi connectivity index (χ0n) is 67.8. The summed E-state index contributed by atoms with van der Waals surface area (Å²) in [6.07, 6.45) is 1.25. The third kappa shape index (κ3) is 25.6. The molecule has 2 heterocycles. The van der Waals surface area contributed by atoms with E-state index in [-0.39, 0.29) is 15.3 Å².